The maximum Gasteiger partial charge on any atom is 0.328 e. The van der Waals surface area contributed by atoms with Crippen LogP contribution < -0.4 is 11.1 Å². The van der Waals surface area contributed by atoms with E-state index in [0.717, 1.165) is 12.0 Å². The van der Waals surface area contributed by atoms with Crippen LogP contribution >= 0.6 is 0 Å². The molecule has 134 valence electrons. The number of likely N-dealkylation sites (N-methyl/N-ethyl adjacent to an activating group) is 1. The van der Waals surface area contributed by atoms with Gasteiger partial charge in [-0.15, -0.1) is 0 Å². The van der Waals surface area contributed by atoms with E-state index >= 15 is 0 Å². The Morgan fingerprint density at radius 2 is 1.96 bits per heavy atom. The second-order valence-electron chi connectivity index (χ2n) is 5.79. The van der Waals surface area contributed by atoms with Gasteiger partial charge in [-0.1, -0.05) is 37.3 Å². The molecule has 6 nitrogen and oxygen atoms in total. The largest absolute Gasteiger partial charge is 0.467 e. The third kappa shape index (κ3) is 6.29. The van der Waals surface area contributed by atoms with E-state index < -0.39 is 12.0 Å². The summed E-state index contributed by atoms with van der Waals surface area (Å²) in [6.45, 7) is 2.44. The molecule has 0 bridgehead atoms. The van der Waals surface area contributed by atoms with Gasteiger partial charge in [-0.05, 0) is 18.4 Å². The van der Waals surface area contributed by atoms with Gasteiger partial charge in [0.25, 0.3) is 0 Å². The minimum Gasteiger partial charge on any atom is -0.467 e. The van der Waals surface area contributed by atoms with E-state index in [9.17, 15) is 9.59 Å². The molecule has 0 spiro atoms. The van der Waals surface area contributed by atoms with Gasteiger partial charge in [0.05, 0.1) is 7.11 Å². The number of hydrogen-bond acceptors (Lipinski definition) is 5. The molecule has 2 atom stereocenters. The number of nitrogens with two attached hydrogens (primary N) is 1. The van der Waals surface area contributed by atoms with Crippen molar-refractivity contribution in [3.8, 4) is 0 Å². The third-order valence-electron chi connectivity index (χ3n) is 4.21. The van der Waals surface area contributed by atoms with E-state index in [1.807, 2.05) is 37.3 Å². The summed E-state index contributed by atoms with van der Waals surface area (Å²) in [4.78, 5) is 26.1. The SMILES string of the molecule is CCC(CCC(=O)N(C)C(Cc1ccccc1)C(=O)OC)NCN. The topological polar surface area (TPSA) is 84.7 Å². The number of benzene rings is 1. The first kappa shape index (κ1) is 20.1. The predicted octanol–water partition coefficient (Wildman–Crippen LogP) is 1.29. The van der Waals surface area contributed by atoms with Crippen molar-refractivity contribution in [2.24, 2.45) is 5.73 Å². The quantitative estimate of drug-likeness (QED) is 0.497. The average molecular weight is 335 g/mol. The van der Waals surface area contributed by atoms with Crippen molar-refractivity contribution >= 4 is 11.9 Å². The molecule has 1 aromatic rings. The number of hydrogen-bond donors (Lipinski definition) is 2. The number of ether oxygens (including phenoxy) is 1. The van der Waals surface area contributed by atoms with Gasteiger partial charge in [-0.3, -0.25) is 4.79 Å². The van der Waals surface area contributed by atoms with Crippen LogP contribution in [-0.2, 0) is 20.7 Å². The molecule has 2 unspecified atom stereocenters. The minimum absolute atomic E-state index is 0.0707. The summed E-state index contributed by atoms with van der Waals surface area (Å²) in [6.07, 6.45) is 2.40. The van der Waals surface area contributed by atoms with E-state index in [4.69, 9.17) is 10.5 Å². The lowest BCUT2D eigenvalue weighted by atomic mass is 10.0. The molecular formula is C18H29N3O3. The zero-order chi connectivity index (χ0) is 17.9. The van der Waals surface area contributed by atoms with Gasteiger partial charge in [-0.25, -0.2) is 4.79 Å². The molecule has 6 heteroatoms. The molecule has 0 saturated heterocycles. The van der Waals surface area contributed by atoms with Crippen molar-refractivity contribution < 1.29 is 14.3 Å². The van der Waals surface area contributed by atoms with Crippen LogP contribution in [0, 0.1) is 0 Å². The summed E-state index contributed by atoms with van der Waals surface area (Å²) in [7, 11) is 3.00. The number of amides is 1. The number of carbonyl (C=O) groups is 2. The summed E-state index contributed by atoms with van der Waals surface area (Å²) >= 11 is 0. The lowest BCUT2D eigenvalue weighted by molar-refractivity contribution is -0.151. The number of carbonyl (C=O) groups excluding carboxylic acids is 2. The Morgan fingerprint density at radius 3 is 2.50 bits per heavy atom. The van der Waals surface area contributed by atoms with Crippen LogP contribution in [0.3, 0.4) is 0 Å². The van der Waals surface area contributed by atoms with Crippen LogP contribution in [0.25, 0.3) is 0 Å². The number of nitrogens with one attached hydrogen (secondary N) is 1. The van der Waals surface area contributed by atoms with Crippen LogP contribution in [0.15, 0.2) is 30.3 Å². The second kappa shape index (κ2) is 10.8. The van der Waals surface area contributed by atoms with Gasteiger partial charge in [0.1, 0.15) is 6.04 Å². The third-order valence-corrected chi connectivity index (χ3v) is 4.21. The summed E-state index contributed by atoms with van der Waals surface area (Å²) < 4.78 is 4.88. The van der Waals surface area contributed by atoms with E-state index in [1.54, 1.807) is 7.05 Å². The summed E-state index contributed by atoms with van der Waals surface area (Å²) in [5.74, 6) is -0.472. The molecule has 0 heterocycles. The predicted molar refractivity (Wildman–Crippen MR) is 94.2 cm³/mol. The molecule has 0 aliphatic heterocycles. The molecule has 1 aromatic carbocycles. The van der Waals surface area contributed by atoms with Gasteiger partial charge in [-0.2, -0.15) is 0 Å². The first-order chi connectivity index (χ1) is 11.5. The molecule has 0 aliphatic carbocycles. The highest BCUT2D eigenvalue weighted by atomic mass is 16.5. The normalized spacial score (nSPS) is 13.2. The fraction of sp³-hybridized carbons (Fsp3) is 0.556. The number of esters is 1. The summed E-state index contributed by atoms with van der Waals surface area (Å²) in [5.41, 5.74) is 6.49. The fourth-order valence-electron chi connectivity index (χ4n) is 2.62. The Labute approximate surface area is 144 Å². The Morgan fingerprint density at radius 1 is 1.29 bits per heavy atom. The van der Waals surface area contributed by atoms with Gasteiger partial charge in [0, 0.05) is 32.6 Å². The molecule has 0 aromatic heterocycles. The molecule has 1 amide bonds. The summed E-state index contributed by atoms with van der Waals surface area (Å²) in [6, 6.07) is 9.21. The number of nitrogens with zero attached hydrogens (tertiary/aromatic N) is 1. The van der Waals surface area contributed by atoms with Crippen molar-refractivity contribution in [2.45, 2.75) is 44.7 Å². The zero-order valence-corrected chi connectivity index (χ0v) is 14.8. The van der Waals surface area contributed by atoms with Crippen LogP contribution in [0.2, 0.25) is 0 Å². The van der Waals surface area contributed by atoms with Crippen molar-refractivity contribution in [3.63, 3.8) is 0 Å². The maximum absolute atomic E-state index is 12.5. The van der Waals surface area contributed by atoms with Gasteiger partial charge < -0.3 is 20.7 Å². The van der Waals surface area contributed by atoms with Crippen LogP contribution in [-0.4, -0.2) is 49.7 Å². The first-order valence-corrected chi connectivity index (χ1v) is 8.34. The Balaban J connectivity index is 2.71. The number of rotatable bonds is 10. The fourth-order valence-corrected chi connectivity index (χ4v) is 2.62. The lowest BCUT2D eigenvalue weighted by Crippen LogP contribution is -2.45. The Hall–Kier alpha value is -1.92. The monoisotopic (exact) mass is 335 g/mol. The molecule has 0 radical (unpaired) electrons. The standard InChI is InChI=1S/C18H29N3O3/c1-4-15(20-13-19)10-11-17(22)21(2)16(18(23)24-3)12-14-8-6-5-7-9-14/h5-9,15-16,20H,4,10-13,19H2,1-3H3. The van der Waals surface area contributed by atoms with E-state index in [-0.39, 0.29) is 11.9 Å². The van der Waals surface area contributed by atoms with Crippen molar-refractivity contribution in [2.75, 3.05) is 20.8 Å². The van der Waals surface area contributed by atoms with Crippen LogP contribution in [0.5, 0.6) is 0 Å². The van der Waals surface area contributed by atoms with E-state index in [1.165, 1.54) is 12.0 Å². The highest BCUT2D eigenvalue weighted by Crippen LogP contribution is 2.12. The molecule has 3 N–H and O–H groups in total. The molecule has 0 aliphatic rings. The number of methoxy groups -OCH3 is 1. The van der Waals surface area contributed by atoms with Gasteiger partial charge >= 0.3 is 5.97 Å². The van der Waals surface area contributed by atoms with Crippen LogP contribution in [0.1, 0.15) is 31.7 Å². The second-order valence-corrected chi connectivity index (χ2v) is 5.79. The van der Waals surface area contributed by atoms with Crippen molar-refractivity contribution in [1.82, 2.24) is 10.2 Å². The summed E-state index contributed by atoms with van der Waals surface area (Å²) in [5, 5.41) is 3.14. The average Bonchev–Trinajstić information content (AvgIpc) is 2.62. The van der Waals surface area contributed by atoms with Crippen molar-refractivity contribution in [1.29, 1.82) is 0 Å². The minimum atomic E-state index is -0.618. The molecular weight excluding hydrogens is 306 g/mol. The van der Waals surface area contributed by atoms with Gasteiger partial charge in [0.2, 0.25) is 5.91 Å². The highest BCUT2D eigenvalue weighted by molar-refractivity contribution is 5.84. The van der Waals surface area contributed by atoms with Crippen molar-refractivity contribution in [3.05, 3.63) is 35.9 Å². The first-order valence-electron chi connectivity index (χ1n) is 8.34. The molecule has 0 fully saturated rings. The smallest absolute Gasteiger partial charge is 0.328 e. The van der Waals surface area contributed by atoms with E-state index in [2.05, 4.69) is 5.32 Å². The highest BCUT2D eigenvalue weighted by Gasteiger charge is 2.28. The molecule has 24 heavy (non-hydrogen) atoms. The Bertz CT molecular complexity index is 507. The zero-order valence-electron chi connectivity index (χ0n) is 14.8. The lowest BCUT2D eigenvalue weighted by Gasteiger charge is -2.27. The molecule has 1 rings (SSSR count). The van der Waals surface area contributed by atoms with Crippen LogP contribution in [0.4, 0.5) is 0 Å². The van der Waals surface area contributed by atoms with Gasteiger partial charge in [0.15, 0.2) is 0 Å². The Kier molecular flexibility index (Phi) is 9.04. The maximum atomic E-state index is 12.5. The molecule has 0 saturated carbocycles. The van der Waals surface area contributed by atoms with E-state index in [0.29, 0.717) is 25.9 Å².